The van der Waals surface area contributed by atoms with Crippen LogP contribution in [0.2, 0.25) is 0 Å². The smallest absolute Gasteiger partial charge is 0.374 e. The second-order valence-corrected chi connectivity index (χ2v) is 2.32. The molecule has 86 valence electrons. The van der Waals surface area contributed by atoms with Gasteiger partial charge < -0.3 is 9.47 Å². The van der Waals surface area contributed by atoms with Gasteiger partial charge in [-0.2, -0.15) is 0 Å². The van der Waals surface area contributed by atoms with Gasteiger partial charge in [0.05, 0.1) is 13.7 Å². The van der Waals surface area contributed by atoms with E-state index in [0.29, 0.717) is 0 Å². The van der Waals surface area contributed by atoms with E-state index in [-0.39, 0.29) is 6.61 Å². The van der Waals surface area contributed by atoms with Crippen molar-refractivity contribution in [2.24, 2.45) is 0 Å². The molecule has 0 aromatic carbocycles. The SMILES string of the molecule is CCOC(=O)C(C)=O.COC(=O)C(C)=O. The first-order valence-electron chi connectivity index (χ1n) is 4.13. The predicted octanol–water partition coefficient (Wildman–Crippen LogP) is -0.113. The van der Waals surface area contributed by atoms with Gasteiger partial charge in [-0.05, 0) is 6.92 Å². The highest BCUT2D eigenvalue weighted by Crippen LogP contribution is 1.77. The average molecular weight is 218 g/mol. The Morgan fingerprint density at radius 3 is 1.40 bits per heavy atom. The standard InChI is InChI=1S/C5H8O3.C4H6O3/c1-3-8-5(7)4(2)6;1-3(5)4(6)7-2/h3H2,1-2H3;1-2H3. The molecule has 0 bridgehead atoms. The van der Waals surface area contributed by atoms with E-state index < -0.39 is 23.5 Å². The summed E-state index contributed by atoms with van der Waals surface area (Å²) >= 11 is 0. The maximum atomic E-state index is 10.2. The van der Waals surface area contributed by atoms with E-state index in [2.05, 4.69) is 9.47 Å². The number of methoxy groups -OCH3 is 1. The lowest BCUT2D eigenvalue weighted by molar-refractivity contribution is -0.152. The molecule has 0 aliphatic heterocycles. The minimum absolute atomic E-state index is 0.262. The second kappa shape index (κ2) is 8.86. The van der Waals surface area contributed by atoms with Crippen LogP contribution >= 0.6 is 0 Å². The van der Waals surface area contributed by atoms with Crippen molar-refractivity contribution < 1.29 is 28.7 Å². The molecule has 0 fully saturated rings. The van der Waals surface area contributed by atoms with Crippen molar-refractivity contribution in [1.29, 1.82) is 0 Å². The molecule has 0 radical (unpaired) electrons. The lowest BCUT2D eigenvalue weighted by atomic mass is 10.5. The van der Waals surface area contributed by atoms with Crippen LogP contribution in [-0.4, -0.2) is 37.2 Å². The lowest BCUT2D eigenvalue weighted by Gasteiger charge is -1.93. The van der Waals surface area contributed by atoms with Gasteiger partial charge in [-0.15, -0.1) is 0 Å². The van der Waals surface area contributed by atoms with Crippen molar-refractivity contribution >= 4 is 23.5 Å². The third-order valence-electron chi connectivity index (χ3n) is 1.04. The van der Waals surface area contributed by atoms with Crippen LogP contribution in [0.3, 0.4) is 0 Å². The van der Waals surface area contributed by atoms with E-state index in [1.807, 2.05) is 0 Å². The molecule has 0 aliphatic rings. The molecule has 0 amide bonds. The highest BCUT2D eigenvalue weighted by molar-refractivity contribution is 6.32. The molecule has 0 aliphatic carbocycles. The predicted molar refractivity (Wildman–Crippen MR) is 50.0 cm³/mol. The number of Topliss-reactive ketones (excluding diaryl/α,β-unsaturated/α-hetero) is 2. The number of hydrogen-bond donors (Lipinski definition) is 0. The van der Waals surface area contributed by atoms with Crippen LogP contribution in [0.5, 0.6) is 0 Å². The molecule has 0 aromatic heterocycles. The first-order valence-corrected chi connectivity index (χ1v) is 4.13. The molecular weight excluding hydrogens is 204 g/mol. The number of esters is 2. The van der Waals surface area contributed by atoms with Gasteiger partial charge in [0.2, 0.25) is 11.6 Å². The summed E-state index contributed by atoms with van der Waals surface area (Å²) in [5.74, 6) is -2.66. The van der Waals surface area contributed by atoms with Gasteiger partial charge >= 0.3 is 11.9 Å². The Kier molecular flexibility index (Phi) is 9.30. The molecule has 6 heteroatoms. The van der Waals surface area contributed by atoms with Crippen molar-refractivity contribution in [3.05, 3.63) is 0 Å². The van der Waals surface area contributed by atoms with E-state index in [0.717, 1.165) is 6.92 Å². The molecule has 6 nitrogen and oxygen atoms in total. The Labute approximate surface area is 87.5 Å². The molecular formula is C9H14O6. The van der Waals surface area contributed by atoms with Crippen molar-refractivity contribution in [3.8, 4) is 0 Å². The number of ether oxygens (including phenoxy) is 2. The van der Waals surface area contributed by atoms with E-state index in [1.165, 1.54) is 14.0 Å². The third-order valence-corrected chi connectivity index (χ3v) is 1.04. The summed E-state index contributed by atoms with van der Waals surface area (Å²) in [4.78, 5) is 40.1. The molecule has 0 rings (SSSR count). The Hall–Kier alpha value is -1.72. The summed E-state index contributed by atoms with van der Waals surface area (Å²) in [6.07, 6.45) is 0. The van der Waals surface area contributed by atoms with Gasteiger partial charge in [0.25, 0.3) is 0 Å². The van der Waals surface area contributed by atoms with E-state index >= 15 is 0 Å². The summed E-state index contributed by atoms with van der Waals surface area (Å²) in [5.41, 5.74) is 0. The van der Waals surface area contributed by atoms with Crippen molar-refractivity contribution in [1.82, 2.24) is 0 Å². The van der Waals surface area contributed by atoms with Gasteiger partial charge in [-0.25, -0.2) is 9.59 Å². The maximum absolute atomic E-state index is 10.2. The molecule has 0 saturated carbocycles. The van der Waals surface area contributed by atoms with Crippen molar-refractivity contribution in [2.75, 3.05) is 13.7 Å². The van der Waals surface area contributed by atoms with E-state index in [1.54, 1.807) is 6.92 Å². The minimum atomic E-state index is -0.792. The molecule has 15 heavy (non-hydrogen) atoms. The first-order chi connectivity index (χ1) is 6.86. The highest BCUT2D eigenvalue weighted by atomic mass is 16.5. The van der Waals surface area contributed by atoms with E-state index in [9.17, 15) is 19.2 Å². The third kappa shape index (κ3) is 10.2. The number of carbonyl (C=O) groups is 4. The van der Waals surface area contributed by atoms with Crippen molar-refractivity contribution in [3.63, 3.8) is 0 Å². The molecule has 0 heterocycles. The van der Waals surface area contributed by atoms with Gasteiger partial charge in [-0.1, -0.05) is 0 Å². The van der Waals surface area contributed by atoms with Crippen LogP contribution < -0.4 is 0 Å². The molecule has 0 spiro atoms. The zero-order valence-electron chi connectivity index (χ0n) is 9.16. The minimum Gasteiger partial charge on any atom is -0.463 e. The first kappa shape index (κ1) is 15.7. The Balaban J connectivity index is 0. The molecule has 0 unspecified atom stereocenters. The fourth-order valence-corrected chi connectivity index (χ4v) is 0.376. The normalized spacial score (nSPS) is 8.00. The monoisotopic (exact) mass is 218 g/mol. The zero-order chi connectivity index (χ0) is 12.4. The largest absolute Gasteiger partial charge is 0.463 e. The van der Waals surface area contributed by atoms with Crippen LogP contribution in [0.25, 0.3) is 0 Å². The fourth-order valence-electron chi connectivity index (χ4n) is 0.376. The van der Waals surface area contributed by atoms with Crippen molar-refractivity contribution in [2.45, 2.75) is 20.8 Å². The fraction of sp³-hybridized carbons (Fsp3) is 0.556. The summed E-state index contributed by atoms with van der Waals surface area (Å²) in [6, 6.07) is 0. The van der Waals surface area contributed by atoms with Gasteiger partial charge in [0.15, 0.2) is 0 Å². The Morgan fingerprint density at radius 1 is 0.933 bits per heavy atom. The molecule has 0 saturated heterocycles. The zero-order valence-corrected chi connectivity index (χ0v) is 9.16. The van der Waals surface area contributed by atoms with Crippen LogP contribution in [-0.2, 0) is 28.7 Å². The molecule has 0 atom stereocenters. The van der Waals surface area contributed by atoms with Crippen LogP contribution in [0.4, 0.5) is 0 Å². The summed E-state index contributed by atoms with van der Waals surface area (Å²) in [7, 11) is 1.17. The topological polar surface area (TPSA) is 86.7 Å². The summed E-state index contributed by atoms with van der Waals surface area (Å²) in [5, 5.41) is 0. The number of ketones is 2. The maximum Gasteiger partial charge on any atom is 0.374 e. The Bertz CT molecular complexity index is 255. The number of hydrogen-bond acceptors (Lipinski definition) is 6. The van der Waals surface area contributed by atoms with Crippen LogP contribution in [0.15, 0.2) is 0 Å². The second-order valence-electron chi connectivity index (χ2n) is 2.32. The number of rotatable bonds is 3. The van der Waals surface area contributed by atoms with E-state index in [4.69, 9.17) is 0 Å². The molecule has 0 N–H and O–H groups in total. The van der Waals surface area contributed by atoms with Crippen LogP contribution in [0, 0.1) is 0 Å². The molecule has 0 aromatic rings. The summed E-state index contributed by atoms with van der Waals surface area (Å²) < 4.78 is 8.34. The highest BCUT2D eigenvalue weighted by Gasteiger charge is 2.05. The van der Waals surface area contributed by atoms with Gasteiger partial charge in [0, 0.05) is 13.8 Å². The lowest BCUT2D eigenvalue weighted by Crippen LogP contribution is -2.12. The van der Waals surface area contributed by atoms with Crippen LogP contribution in [0.1, 0.15) is 20.8 Å². The quantitative estimate of drug-likeness (QED) is 0.485. The average Bonchev–Trinajstić information content (AvgIpc) is 2.17. The number of carbonyl (C=O) groups excluding carboxylic acids is 4. The Morgan fingerprint density at radius 2 is 1.33 bits per heavy atom. The summed E-state index contributed by atoms with van der Waals surface area (Å²) in [6.45, 7) is 4.25. The van der Waals surface area contributed by atoms with Gasteiger partial charge in [-0.3, -0.25) is 9.59 Å². The van der Waals surface area contributed by atoms with Gasteiger partial charge in [0.1, 0.15) is 0 Å².